The molecule has 0 atom stereocenters. The Balaban J connectivity index is 2.12. The zero-order valence-corrected chi connectivity index (χ0v) is 15.1. The number of benzene rings is 1. The van der Waals surface area contributed by atoms with Gasteiger partial charge in [-0.25, -0.2) is 13.1 Å². The van der Waals surface area contributed by atoms with E-state index in [2.05, 4.69) is 34.5 Å². The molecule has 0 aliphatic heterocycles. The molecule has 3 nitrogen and oxygen atoms in total. The number of hydrogen-bond acceptors (Lipinski definition) is 2. The van der Waals surface area contributed by atoms with Crippen molar-refractivity contribution in [3.05, 3.63) is 28.7 Å². The summed E-state index contributed by atoms with van der Waals surface area (Å²) in [5.74, 6) is 0.594. The minimum absolute atomic E-state index is 0.141. The van der Waals surface area contributed by atoms with Crippen LogP contribution in [0.4, 0.5) is 0 Å². The van der Waals surface area contributed by atoms with Gasteiger partial charge in [0.1, 0.15) is 0 Å². The molecule has 0 aromatic heterocycles. The highest BCUT2D eigenvalue weighted by Gasteiger charge is 2.35. The van der Waals surface area contributed by atoms with Crippen LogP contribution >= 0.6 is 15.9 Å². The second-order valence-electron chi connectivity index (χ2n) is 6.56. The van der Waals surface area contributed by atoms with E-state index in [0.717, 1.165) is 19.3 Å². The molecule has 0 bridgehead atoms. The summed E-state index contributed by atoms with van der Waals surface area (Å²) in [5.41, 5.74) is 0.141. The van der Waals surface area contributed by atoms with Crippen molar-refractivity contribution in [2.45, 2.75) is 50.8 Å². The molecule has 0 unspecified atom stereocenters. The van der Waals surface area contributed by atoms with Crippen LogP contribution in [-0.2, 0) is 10.0 Å². The van der Waals surface area contributed by atoms with Crippen molar-refractivity contribution in [1.82, 2.24) is 4.72 Å². The Morgan fingerprint density at radius 3 is 2.43 bits per heavy atom. The molecule has 1 saturated carbocycles. The maximum atomic E-state index is 12.5. The van der Waals surface area contributed by atoms with Gasteiger partial charge in [-0.15, -0.1) is 0 Å². The van der Waals surface area contributed by atoms with Crippen LogP contribution in [0.25, 0.3) is 0 Å². The third-order valence-corrected chi connectivity index (χ3v) is 6.68. The van der Waals surface area contributed by atoms with Gasteiger partial charge in [-0.1, -0.05) is 38.8 Å². The van der Waals surface area contributed by atoms with Crippen LogP contribution in [0.5, 0.6) is 0 Å². The SMILES string of the molecule is CC(C)CC1(CNS(=O)(=O)c2ccccc2Br)CCCC1. The normalized spacial score (nSPS) is 18.3. The quantitative estimate of drug-likeness (QED) is 0.806. The van der Waals surface area contributed by atoms with Crippen molar-refractivity contribution in [3.63, 3.8) is 0 Å². The number of nitrogens with one attached hydrogen (secondary N) is 1. The summed E-state index contributed by atoms with van der Waals surface area (Å²) >= 11 is 3.32. The van der Waals surface area contributed by atoms with Gasteiger partial charge >= 0.3 is 0 Å². The van der Waals surface area contributed by atoms with Crippen LogP contribution in [0.1, 0.15) is 46.0 Å². The van der Waals surface area contributed by atoms with Gasteiger partial charge in [0, 0.05) is 11.0 Å². The largest absolute Gasteiger partial charge is 0.241 e. The topological polar surface area (TPSA) is 46.2 Å². The van der Waals surface area contributed by atoms with Crippen molar-refractivity contribution >= 4 is 26.0 Å². The fourth-order valence-electron chi connectivity index (χ4n) is 3.43. The summed E-state index contributed by atoms with van der Waals surface area (Å²) in [6.45, 7) is 4.97. The maximum absolute atomic E-state index is 12.5. The van der Waals surface area contributed by atoms with Crippen LogP contribution in [0.2, 0.25) is 0 Å². The highest BCUT2D eigenvalue weighted by Crippen LogP contribution is 2.42. The van der Waals surface area contributed by atoms with Gasteiger partial charge in [-0.2, -0.15) is 0 Å². The molecule has 0 saturated heterocycles. The minimum Gasteiger partial charge on any atom is -0.211 e. The van der Waals surface area contributed by atoms with Gasteiger partial charge in [0.2, 0.25) is 10.0 Å². The Morgan fingerprint density at radius 1 is 1.24 bits per heavy atom. The van der Waals surface area contributed by atoms with E-state index in [1.807, 2.05) is 6.07 Å². The van der Waals surface area contributed by atoms with Crippen LogP contribution in [0, 0.1) is 11.3 Å². The van der Waals surface area contributed by atoms with E-state index in [9.17, 15) is 8.42 Å². The first-order valence-corrected chi connectivity index (χ1v) is 9.86. The van der Waals surface area contributed by atoms with Gasteiger partial charge in [-0.3, -0.25) is 0 Å². The lowest BCUT2D eigenvalue weighted by Gasteiger charge is -2.31. The average Bonchev–Trinajstić information content (AvgIpc) is 2.85. The Morgan fingerprint density at radius 2 is 1.86 bits per heavy atom. The second kappa shape index (κ2) is 6.80. The molecule has 1 N–H and O–H groups in total. The Kier molecular flexibility index (Phi) is 5.49. The molecule has 1 aliphatic carbocycles. The lowest BCUT2D eigenvalue weighted by Crippen LogP contribution is -2.37. The monoisotopic (exact) mass is 373 g/mol. The van der Waals surface area contributed by atoms with Gasteiger partial charge in [0.15, 0.2) is 0 Å². The minimum atomic E-state index is -3.45. The molecule has 118 valence electrons. The fourth-order valence-corrected chi connectivity index (χ4v) is 5.59. The van der Waals surface area contributed by atoms with Crippen LogP contribution in [-0.4, -0.2) is 15.0 Å². The first kappa shape index (κ1) is 17.0. The molecule has 21 heavy (non-hydrogen) atoms. The molecule has 1 aliphatic rings. The molecule has 0 radical (unpaired) electrons. The van der Waals surface area contributed by atoms with E-state index in [0.29, 0.717) is 21.8 Å². The molecular weight excluding hydrogens is 350 g/mol. The van der Waals surface area contributed by atoms with Crippen molar-refractivity contribution in [3.8, 4) is 0 Å². The molecule has 2 rings (SSSR count). The number of halogens is 1. The molecule has 0 heterocycles. The first-order chi connectivity index (χ1) is 9.85. The molecule has 1 aromatic carbocycles. The summed E-state index contributed by atoms with van der Waals surface area (Å²) < 4.78 is 28.5. The lowest BCUT2D eigenvalue weighted by atomic mass is 9.79. The van der Waals surface area contributed by atoms with Gasteiger partial charge in [0.05, 0.1) is 4.90 Å². The first-order valence-electron chi connectivity index (χ1n) is 7.59. The molecule has 5 heteroatoms. The second-order valence-corrected chi connectivity index (χ2v) is 9.15. The van der Waals surface area contributed by atoms with Gasteiger partial charge in [-0.05, 0) is 58.7 Å². The molecule has 1 fully saturated rings. The zero-order valence-electron chi connectivity index (χ0n) is 12.7. The van der Waals surface area contributed by atoms with E-state index >= 15 is 0 Å². The van der Waals surface area contributed by atoms with Crippen LogP contribution < -0.4 is 4.72 Å². The average molecular weight is 374 g/mol. The van der Waals surface area contributed by atoms with Crippen LogP contribution in [0.3, 0.4) is 0 Å². The Hall–Kier alpha value is -0.390. The Labute approximate surface area is 136 Å². The molecule has 0 amide bonds. The van der Waals surface area contributed by atoms with Crippen molar-refractivity contribution in [2.24, 2.45) is 11.3 Å². The van der Waals surface area contributed by atoms with Gasteiger partial charge < -0.3 is 0 Å². The predicted octanol–water partition coefficient (Wildman–Crippen LogP) is 4.33. The van der Waals surface area contributed by atoms with E-state index < -0.39 is 10.0 Å². The predicted molar refractivity (Wildman–Crippen MR) is 89.7 cm³/mol. The van der Waals surface area contributed by atoms with E-state index in [1.54, 1.807) is 18.2 Å². The van der Waals surface area contributed by atoms with E-state index in [4.69, 9.17) is 0 Å². The standard InChI is InChI=1S/C16H24BrNO2S/c1-13(2)11-16(9-5-6-10-16)12-18-21(19,20)15-8-4-3-7-14(15)17/h3-4,7-8,13,18H,5-6,9-12H2,1-2H3. The fraction of sp³-hybridized carbons (Fsp3) is 0.625. The zero-order chi connectivity index (χ0) is 15.5. The van der Waals surface area contributed by atoms with Crippen molar-refractivity contribution < 1.29 is 8.42 Å². The third-order valence-electron chi connectivity index (χ3n) is 4.27. The maximum Gasteiger partial charge on any atom is 0.241 e. The third kappa shape index (κ3) is 4.30. The lowest BCUT2D eigenvalue weighted by molar-refractivity contribution is 0.236. The number of rotatable bonds is 6. The van der Waals surface area contributed by atoms with Crippen molar-refractivity contribution in [2.75, 3.05) is 6.54 Å². The summed E-state index contributed by atoms with van der Waals surface area (Å²) in [6, 6.07) is 6.96. The van der Waals surface area contributed by atoms with E-state index in [-0.39, 0.29) is 5.41 Å². The summed E-state index contributed by atoms with van der Waals surface area (Å²) in [7, 11) is -3.45. The van der Waals surface area contributed by atoms with Gasteiger partial charge in [0.25, 0.3) is 0 Å². The summed E-state index contributed by atoms with van der Waals surface area (Å²) in [4.78, 5) is 0.322. The molecular formula is C16H24BrNO2S. The van der Waals surface area contributed by atoms with E-state index in [1.165, 1.54) is 12.8 Å². The number of hydrogen-bond donors (Lipinski definition) is 1. The summed E-state index contributed by atoms with van der Waals surface area (Å²) in [5, 5.41) is 0. The Bertz CT molecular complexity index is 578. The highest BCUT2D eigenvalue weighted by molar-refractivity contribution is 9.10. The van der Waals surface area contributed by atoms with Crippen molar-refractivity contribution in [1.29, 1.82) is 0 Å². The smallest absolute Gasteiger partial charge is 0.211 e. The molecule has 1 aromatic rings. The summed E-state index contributed by atoms with van der Waals surface area (Å²) in [6.07, 6.45) is 5.77. The highest BCUT2D eigenvalue weighted by atomic mass is 79.9. The van der Waals surface area contributed by atoms with Crippen LogP contribution in [0.15, 0.2) is 33.6 Å². The number of sulfonamides is 1. The molecule has 0 spiro atoms.